The molecule has 2 aromatic rings. The summed E-state index contributed by atoms with van der Waals surface area (Å²) in [6.45, 7) is 5.97. The third-order valence-corrected chi connectivity index (χ3v) is 6.38. The fraction of sp³-hybridized carbons (Fsp3) is 0.417. The van der Waals surface area contributed by atoms with Gasteiger partial charge in [-0.2, -0.15) is 5.26 Å². The summed E-state index contributed by atoms with van der Waals surface area (Å²) in [5.74, 6) is -0.541. The van der Waals surface area contributed by atoms with Crippen molar-refractivity contribution < 1.29 is 19.4 Å². The first kappa shape index (κ1) is 21.9. The van der Waals surface area contributed by atoms with Gasteiger partial charge >= 0.3 is 5.97 Å². The third kappa shape index (κ3) is 4.35. The second-order valence-electron chi connectivity index (χ2n) is 8.44. The number of aryl methyl sites for hydroxylation is 1. The Balaban J connectivity index is 1.31. The van der Waals surface area contributed by atoms with Crippen LogP contribution in [-0.4, -0.2) is 52.5 Å². The maximum Gasteiger partial charge on any atom is 0.338 e. The van der Waals surface area contributed by atoms with E-state index in [2.05, 4.69) is 21.3 Å². The van der Waals surface area contributed by atoms with Gasteiger partial charge in [-0.1, -0.05) is 6.07 Å². The maximum absolute atomic E-state index is 12.5. The highest BCUT2D eigenvalue weighted by Gasteiger charge is 2.28. The number of nitriles is 1. The lowest BCUT2D eigenvalue weighted by Gasteiger charge is -2.33. The predicted octanol–water partition coefficient (Wildman–Crippen LogP) is 2.17. The number of nitrogens with one attached hydrogen (secondary N) is 1. The van der Waals surface area contributed by atoms with E-state index in [1.165, 1.54) is 6.20 Å². The number of cyclic esters (lactones) is 1. The monoisotopic (exact) mass is 434 g/mol. The summed E-state index contributed by atoms with van der Waals surface area (Å²) >= 11 is 0. The summed E-state index contributed by atoms with van der Waals surface area (Å²) in [5, 5.41) is 22.8. The fourth-order valence-corrected chi connectivity index (χ4v) is 4.39. The van der Waals surface area contributed by atoms with Gasteiger partial charge in [-0.3, -0.25) is 4.79 Å². The van der Waals surface area contributed by atoms with Crippen LogP contribution in [0.2, 0.25) is 0 Å². The second kappa shape index (κ2) is 9.07. The molecule has 0 aliphatic carbocycles. The van der Waals surface area contributed by atoms with Crippen LogP contribution in [0.4, 0.5) is 0 Å². The number of β-amino-alcohol motifs (C(OH)–C–C–N with tert-alkyl or cyclic N) is 1. The molecule has 1 aromatic carbocycles. The summed E-state index contributed by atoms with van der Waals surface area (Å²) in [4.78, 5) is 30.5. The Labute approximate surface area is 186 Å². The van der Waals surface area contributed by atoms with Crippen molar-refractivity contribution in [3.8, 4) is 6.07 Å². The molecule has 8 heteroatoms. The number of fused-ring (bicyclic) bond motifs is 1. The number of amides is 1. The Hall–Kier alpha value is -3.28. The molecule has 0 saturated carbocycles. The summed E-state index contributed by atoms with van der Waals surface area (Å²) in [5.41, 5.74) is 4.68. The minimum atomic E-state index is -0.659. The number of nitrogens with zero attached hydrogens (tertiary/aromatic N) is 3. The smallest absolute Gasteiger partial charge is 0.338 e. The molecule has 1 aromatic heterocycles. The molecule has 1 saturated heterocycles. The van der Waals surface area contributed by atoms with Gasteiger partial charge in [0.05, 0.1) is 17.2 Å². The van der Waals surface area contributed by atoms with Gasteiger partial charge < -0.3 is 20.1 Å². The van der Waals surface area contributed by atoms with Gasteiger partial charge in [0.25, 0.3) is 5.91 Å². The number of esters is 1. The van der Waals surface area contributed by atoms with Crippen molar-refractivity contribution in [1.29, 1.82) is 5.26 Å². The molecule has 4 rings (SSSR count). The van der Waals surface area contributed by atoms with Crippen molar-refractivity contribution in [2.45, 2.75) is 45.4 Å². The number of benzene rings is 1. The number of rotatable bonds is 5. The number of piperidine rings is 1. The SMILES string of the molecule is Cc1cc(C(=O)NC2CCN(C[C@@H](O)c3ccc4c(c3C)COC4=O)CC2)ncc1C#N. The van der Waals surface area contributed by atoms with Crippen molar-refractivity contribution >= 4 is 11.9 Å². The number of aliphatic hydroxyl groups is 1. The van der Waals surface area contributed by atoms with Gasteiger partial charge in [-0.25, -0.2) is 9.78 Å². The first-order valence-corrected chi connectivity index (χ1v) is 10.7. The van der Waals surface area contributed by atoms with Crippen LogP contribution in [0.5, 0.6) is 0 Å². The lowest BCUT2D eigenvalue weighted by molar-refractivity contribution is 0.0534. The Morgan fingerprint density at radius 3 is 2.81 bits per heavy atom. The molecule has 1 amide bonds. The zero-order valence-electron chi connectivity index (χ0n) is 18.2. The predicted molar refractivity (Wildman–Crippen MR) is 116 cm³/mol. The highest BCUT2D eigenvalue weighted by molar-refractivity contribution is 5.94. The Morgan fingerprint density at radius 1 is 1.38 bits per heavy atom. The van der Waals surface area contributed by atoms with E-state index in [4.69, 9.17) is 10.00 Å². The van der Waals surface area contributed by atoms with Crippen LogP contribution in [0.1, 0.15) is 67.6 Å². The van der Waals surface area contributed by atoms with Crippen LogP contribution >= 0.6 is 0 Å². The maximum atomic E-state index is 12.5. The highest BCUT2D eigenvalue weighted by Crippen LogP contribution is 2.29. The number of aliphatic hydroxyl groups excluding tert-OH is 1. The van der Waals surface area contributed by atoms with Crippen LogP contribution in [0, 0.1) is 25.2 Å². The summed E-state index contributed by atoms with van der Waals surface area (Å²) in [7, 11) is 0. The standard InChI is InChI=1S/C24H26N4O4/c1-14-9-21(26-11-16(14)10-25)23(30)27-17-5-7-28(8-6-17)12-22(29)18-3-4-19-20(15(18)2)13-32-24(19)31/h3-4,9,11,17,22,29H,5-8,12-13H2,1-2H3,(H,27,30)/t22-/m1/s1. The molecule has 0 spiro atoms. The Morgan fingerprint density at radius 2 is 2.12 bits per heavy atom. The van der Waals surface area contributed by atoms with Gasteiger partial charge in [-0.15, -0.1) is 0 Å². The molecule has 0 radical (unpaired) electrons. The van der Waals surface area contributed by atoms with Crippen molar-refractivity contribution in [3.63, 3.8) is 0 Å². The van der Waals surface area contributed by atoms with Crippen LogP contribution in [0.15, 0.2) is 24.4 Å². The molecule has 3 heterocycles. The number of carbonyl (C=O) groups is 2. The average Bonchev–Trinajstić information content (AvgIpc) is 3.16. The van der Waals surface area contributed by atoms with Crippen molar-refractivity contribution in [1.82, 2.24) is 15.2 Å². The van der Waals surface area contributed by atoms with Gasteiger partial charge in [0.2, 0.25) is 0 Å². The lowest BCUT2D eigenvalue weighted by Crippen LogP contribution is -2.45. The lowest BCUT2D eigenvalue weighted by atomic mass is 9.94. The number of likely N-dealkylation sites (tertiary alicyclic amines) is 1. The third-order valence-electron chi connectivity index (χ3n) is 6.38. The van der Waals surface area contributed by atoms with E-state index >= 15 is 0 Å². The number of aromatic nitrogens is 1. The minimum absolute atomic E-state index is 0.0403. The van der Waals surface area contributed by atoms with E-state index in [-0.39, 0.29) is 24.5 Å². The first-order chi connectivity index (χ1) is 15.4. The molecular weight excluding hydrogens is 408 g/mol. The molecule has 1 fully saturated rings. The largest absolute Gasteiger partial charge is 0.457 e. The first-order valence-electron chi connectivity index (χ1n) is 10.7. The molecule has 1 atom stereocenters. The van der Waals surface area contributed by atoms with E-state index < -0.39 is 6.10 Å². The molecule has 0 bridgehead atoms. The van der Waals surface area contributed by atoms with Gasteiger partial charge in [0.15, 0.2) is 0 Å². The average molecular weight is 434 g/mol. The topological polar surface area (TPSA) is 116 Å². The normalized spacial score (nSPS) is 17.4. The molecular formula is C24H26N4O4. The van der Waals surface area contributed by atoms with E-state index in [1.807, 2.05) is 13.0 Å². The molecule has 0 unspecified atom stereocenters. The minimum Gasteiger partial charge on any atom is -0.457 e. The van der Waals surface area contributed by atoms with Crippen molar-refractivity contribution in [3.05, 3.63) is 63.5 Å². The molecule has 2 aliphatic rings. The van der Waals surface area contributed by atoms with Crippen molar-refractivity contribution in [2.24, 2.45) is 0 Å². The molecule has 8 nitrogen and oxygen atoms in total. The van der Waals surface area contributed by atoms with E-state index in [1.54, 1.807) is 19.1 Å². The molecule has 2 aliphatic heterocycles. The Kier molecular flexibility index (Phi) is 6.21. The van der Waals surface area contributed by atoms with Crippen LogP contribution in [-0.2, 0) is 11.3 Å². The number of ether oxygens (including phenoxy) is 1. The van der Waals surface area contributed by atoms with E-state index in [9.17, 15) is 14.7 Å². The van der Waals surface area contributed by atoms with Gasteiger partial charge in [0, 0.05) is 37.4 Å². The van der Waals surface area contributed by atoms with Crippen molar-refractivity contribution in [2.75, 3.05) is 19.6 Å². The van der Waals surface area contributed by atoms with Gasteiger partial charge in [0.1, 0.15) is 18.4 Å². The van der Waals surface area contributed by atoms with Crippen LogP contribution in [0.25, 0.3) is 0 Å². The van der Waals surface area contributed by atoms with Crippen LogP contribution < -0.4 is 5.32 Å². The summed E-state index contributed by atoms with van der Waals surface area (Å²) in [6, 6.07) is 7.27. The van der Waals surface area contributed by atoms with Crippen LogP contribution in [0.3, 0.4) is 0 Å². The fourth-order valence-electron chi connectivity index (χ4n) is 4.39. The molecule has 32 heavy (non-hydrogen) atoms. The number of carbonyl (C=O) groups excluding carboxylic acids is 2. The Bertz CT molecular complexity index is 1100. The number of hydrogen-bond acceptors (Lipinski definition) is 7. The van der Waals surface area contributed by atoms with Gasteiger partial charge in [-0.05, 0) is 55.5 Å². The summed E-state index contributed by atoms with van der Waals surface area (Å²) < 4.78 is 5.10. The highest BCUT2D eigenvalue weighted by atomic mass is 16.5. The number of hydrogen-bond donors (Lipinski definition) is 2. The second-order valence-corrected chi connectivity index (χ2v) is 8.44. The zero-order valence-corrected chi connectivity index (χ0v) is 18.2. The molecule has 166 valence electrons. The van der Waals surface area contributed by atoms with E-state index in [0.717, 1.165) is 48.2 Å². The molecule has 2 N–H and O–H groups in total. The number of pyridine rings is 1. The zero-order chi connectivity index (χ0) is 22.8. The quantitative estimate of drug-likeness (QED) is 0.693. The van der Waals surface area contributed by atoms with E-state index in [0.29, 0.717) is 23.4 Å². The summed E-state index contributed by atoms with van der Waals surface area (Å²) in [6.07, 6.45) is 2.32.